The molecule has 0 aliphatic rings. The third-order valence-corrected chi connectivity index (χ3v) is 2.95. The van der Waals surface area contributed by atoms with Crippen LogP contribution in [0.25, 0.3) is 0 Å². The second-order valence-corrected chi connectivity index (χ2v) is 4.08. The first kappa shape index (κ1) is 11.6. The lowest BCUT2D eigenvalue weighted by Gasteiger charge is -2.11. The van der Waals surface area contributed by atoms with Crippen molar-refractivity contribution in [3.05, 3.63) is 53.9 Å². The van der Waals surface area contributed by atoms with E-state index in [0.717, 1.165) is 12.0 Å². The van der Waals surface area contributed by atoms with Crippen LogP contribution in [0.5, 0.6) is 0 Å². The molecule has 17 heavy (non-hydrogen) atoms. The highest BCUT2D eigenvalue weighted by molar-refractivity contribution is 5.98. The molecule has 0 amide bonds. The number of carbonyl (C=O) groups excluding carboxylic acids is 1. The summed E-state index contributed by atoms with van der Waals surface area (Å²) >= 11 is 0. The van der Waals surface area contributed by atoms with Gasteiger partial charge < -0.3 is 0 Å². The summed E-state index contributed by atoms with van der Waals surface area (Å²) in [5.41, 5.74) is 1.98. The Kier molecular flexibility index (Phi) is 3.38. The van der Waals surface area contributed by atoms with E-state index in [0.29, 0.717) is 0 Å². The molecule has 88 valence electrons. The number of hydrogen-bond donors (Lipinski definition) is 0. The summed E-state index contributed by atoms with van der Waals surface area (Å²) in [7, 11) is 0. The third-order valence-electron chi connectivity index (χ3n) is 2.95. The van der Waals surface area contributed by atoms with Gasteiger partial charge in [0, 0.05) is 18.0 Å². The third kappa shape index (κ3) is 2.44. The standard InChI is InChI=1S/C14H16N2O/c1-3-12-5-7-13(8-6-12)14(17)11(2)16-10-4-9-15-16/h4-11H,3H2,1-2H3. The Balaban J connectivity index is 2.19. The highest BCUT2D eigenvalue weighted by Gasteiger charge is 2.16. The van der Waals surface area contributed by atoms with Crippen molar-refractivity contribution in [3.8, 4) is 0 Å². The largest absolute Gasteiger partial charge is 0.292 e. The molecule has 0 saturated carbocycles. The zero-order valence-corrected chi connectivity index (χ0v) is 10.1. The van der Waals surface area contributed by atoms with Crippen LogP contribution in [0.3, 0.4) is 0 Å². The molecule has 0 spiro atoms. The van der Waals surface area contributed by atoms with Gasteiger partial charge in [0.05, 0.1) is 0 Å². The van der Waals surface area contributed by atoms with Crippen molar-refractivity contribution >= 4 is 5.78 Å². The van der Waals surface area contributed by atoms with Gasteiger partial charge >= 0.3 is 0 Å². The van der Waals surface area contributed by atoms with Crippen LogP contribution in [0.15, 0.2) is 42.7 Å². The molecule has 1 aromatic carbocycles. The van der Waals surface area contributed by atoms with Crippen molar-refractivity contribution in [1.29, 1.82) is 0 Å². The number of rotatable bonds is 4. The maximum atomic E-state index is 12.2. The Hall–Kier alpha value is -1.90. The Morgan fingerprint density at radius 3 is 2.59 bits per heavy atom. The van der Waals surface area contributed by atoms with Crippen LogP contribution in [0.1, 0.15) is 35.8 Å². The number of hydrogen-bond acceptors (Lipinski definition) is 2. The van der Waals surface area contributed by atoms with Gasteiger partial charge in [0.2, 0.25) is 0 Å². The van der Waals surface area contributed by atoms with Gasteiger partial charge in [-0.3, -0.25) is 9.48 Å². The number of carbonyl (C=O) groups is 1. The normalized spacial score (nSPS) is 12.4. The molecule has 2 rings (SSSR count). The first-order chi connectivity index (χ1) is 8.22. The fourth-order valence-electron chi connectivity index (χ4n) is 1.78. The van der Waals surface area contributed by atoms with Crippen LogP contribution in [0.4, 0.5) is 0 Å². The monoisotopic (exact) mass is 228 g/mol. The zero-order valence-electron chi connectivity index (χ0n) is 10.1. The summed E-state index contributed by atoms with van der Waals surface area (Å²) in [6, 6.07) is 9.36. The smallest absolute Gasteiger partial charge is 0.187 e. The Bertz CT molecular complexity index is 485. The van der Waals surface area contributed by atoms with E-state index < -0.39 is 0 Å². The number of aryl methyl sites for hydroxylation is 1. The van der Waals surface area contributed by atoms with Crippen LogP contribution in [-0.4, -0.2) is 15.6 Å². The lowest BCUT2D eigenvalue weighted by molar-refractivity contribution is 0.0928. The van der Waals surface area contributed by atoms with Gasteiger partial charge in [0.1, 0.15) is 6.04 Å². The van der Waals surface area contributed by atoms with Crippen molar-refractivity contribution in [2.45, 2.75) is 26.3 Å². The summed E-state index contributed by atoms with van der Waals surface area (Å²) in [5, 5.41) is 4.09. The molecule has 1 heterocycles. The van der Waals surface area contributed by atoms with Crippen LogP contribution in [0.2, 0.25) is 0 Å². The average molecular weight is 228 g/mol. The Morgan fingerprint density at radius 1 is 1.35 bits per heavy atom. The average Bonchev–Trinajstić information content (AvgIpc) is 2.91. The van der Waals surface area contributed by atoms with E-state index >= 15 is 0 Å². The van der Waals surface area contributed by atoms with E-state index in [1.165, 1.54) is 5.56 Å². The van der Waals surface area contributed by atoms with E-state index in [2.05, 4.69) is 12.0 Å². The maximum Gasteiger partial charge on any atom is 0.187 e. The van der Waals surface area contributed by atoms with Crippen molar-refractivity contribution in [1.82, 2.24) is 9.78 Å². The van der Waals surface area contributed by atoms with E-state index in [1.807, 2.05) is 43.5 Å². The number of Topliss-reactive ketones (excluding diaryl/α,β-unsaturated/α-hetero) is 1. The summed E-state index contributed by atoms with van der Waals surface area (Å²) in [6.07, 6.45) is 4.48. The van der Waals surface area contributed by atoms with Crippen molar-refractivity contribution < 1.29 is 4.79 Å². The molecule has 1 unspecified atom stereocenters. The predicted octanol–water partition coefficient (Wildman–Crippen LogP) is 2.89. The van der Waals surface area contributed by atoms with Gasteiger partial charge in [-0.15, -0.1) is 0 Å². The van der Waals surface area contributed by atoms with Gasteiger partial charge in [-0.05, 0) is 25.0 Å². The summed E-state index contributed by atoms with van der Waals surface area (Å²) in [6.45, 7) is 3.96. The summed E-state index contributed by atoms with van der Waals surface area (Å²) < 4.78 is 1.68. The molecule has 0 radical (unpaired) electrons. The highest BCUT2D eigenvalue weighted by Crippen LogP contribution is 2.14. The minimum absolute atomic E-state index is 0.0938. The van der Waals surface area contributed by atoms with Crippen molar-refractivity contribution in [2.75, 3.05) is 0 Å². The fourth-order valence-corrected chi connectivity index (χ4v) is 1.78. The van der Waals surface area contributed by atoms with Crippen molar-refractivity contribution in [2.24, 2.45) is 0 Å². The molecule has 0 aliphatic heterocycles. The maximum absolute atomic E-state index is 12.2. The van der Waals surface area contributed by atoms with E-state index in [1.54, 1.807) is 10.9 Å². The molecule has 0 bridgehead atoms. The number of benzene rings is 1. The van der Waals surface area contributed by atoms with Gasteiger partial charge in [0.25, 0.3) is 0 Å². The second-order valence-electron chi connectivity index (χ2n) is 4.08. The predicted molar refractivity (Wildman–Crippen MR) is 67.1 cm³/mol. The van der Waals surface area contributed by atoms with E-state index in [4.69, 9.17) is 0 Å². The molecule has 3 heteroatoms. The van der Waals surface area contributed by atoms with Gasteiger partial charge in [-0.2, -0.15) is 5.10 Å². The highest BCUT2D eigenvalue weighted by atomic mass is 16.1. The lowest BCUT2D eigenvalue weighted by atomic mass is 10.0. The Morgan fingerprint density at radius 2 is 2.06 bits per heavy atom. The minimum Gasteiger partial charge on any atom is -0.292 e. The van der Waals surface area contributed by atoms with E-state index in [9.17, 15) is 4.79 Å². The SMILES string of the molecule is CCc1ccc(C(=O)C(C)n2cccn2)cc1. The number of aromatic nitrogens is 2. The molecular weight excluding hydrogens is 212 g/mol. The quantitative estimate of drug-likeness (QED) is 0.754. The van der Waals surface area contributed by atoms with Crippen LogP contribution < -0.4 is 0 Å². The molecular formula is C14H16N2O. The molecule has 0 aliphatic carbocycles. The molecule has 1 aromatic heterocycles. The summed E-state index contributed by atoms with van der Waals surface area (Å²) in [4.78, 5) is 12.2. The molecule has 0 fully saturated rings. The number of nitrogens with zero attached hydrogens (tertiary/aromatic N) is 2. The topological polar surface area (TPSA) is 34.9 Å². The van der Waals surface area contributed by atoms with E-state index in [-0.39, 0.29) is 11.8 Å². The first-order valence-corrected chi connectivity index (χ1v) is 5.84. The molecule has 1 atom stereocenters. The van der Waals surface area contributed by atoms with Crippen molar-refractivity contribution in [3.63, 3.8) is 0 Å². The van der Waals surface area contributed by atoms with Crippen LogP contribution >= 0.6 is 0 Å². The second kappa shape index (κ2) is 4.95. The molecule has 3 nitrogen and oxygen atoms in total. The first-order valence-electron chi connectivity index (χ1n) is 5.84. The molecule has 0 N–H and O–H groups in total. The Labute approximate surface area is 101 Å². The van der Waals surface area contributed by atoms with Gasteiger partial charge in [-0.25, -0.2) is 0 Å². The summed E-state index contributed by atoms with van der Waals surface area (Å²) in [5.74, 6) is 0.0938. The number of ketones is 1. The van der Waals surface area contributed by atoms with Gasteiger partial charge in [-0.1, -0.05) is 31.2 Å². The fraction of sp³-hybridized carbons (Fsp3) is 0.286. The zero-order chi connectivity index (χ0) is 12.3. The van der Waals surface area contributed by atoms with Crippen LogP contribution in [-0.2, 0) is 6.42 Å². The lowest BCUT2D eigenvalue weighted by Crippen LogP contribution is -2.17. The minimum atomic E-state index is -0.252. The van der Waals surface area contributed by atoms with Gasteiger partial charge in [0.15, 0.2) is 5.78 Å². The molecule has 0 saturated heterocycles. The molecule has 2 aromatic rings. The van der Waals surface area contributed by atoms with Crippen LogP contribution in [0, 0.1) is 0 Å².